The number of amides is 1. The molecule has 1 N–H and O–H groups in total. The number of nitrogens with one attached hydrogen (secondary N) is 1. The van der Waals surface area contributed by atoms with Gasteiger partial charge in [0.15, 0.2) is 0 Å². The first-order valence-corrected chi connectivity index (χ1v) is 8.63. The summed E-state index contributed by atoms with van der Waals surface area (Å²) in [6, 6.07) is 5.10. The number of hydrogen-bond donors (Lipinski definition) is 1. The number of ether oxygens (including phenoxy) is 1. The van der Waals surface area contributed by atoms with Gasteiger partial charge in [-0.3, -0.25) is 4.79 Å². The van der Waals surface area contributed by atoms with Gasteiger partial charge in [-0.15, -0.1) is 0 Å². The minimum absolute atomic E-state index is 0.0463. The number of rotatable bonds is 7. The van der Waals surface area contributed by atoms with Gasteiger partial charge in [0.1, 0.15) is 5.75 Å². The van der Waals surface area contributed by atoms with Gasteiger partial charge < -0.3 is 10.1 Å². The van der Waals surface area contributed by atoms with Crippen molar-refractivity contribution in [3.8, 4) is 5.75 Å². The molecule has 0 saturated heterocycles. The van der Waals surface area contributed by atoms with Gasteiger partial charge in [0.05, 0.1) is 11.6 Å². The van der Waals surface area contributed by atoms with Crippen LogP contribution < -0.4 is 10.1 Å². The molecule has 0 fully saturated rings. The minimum atomic E-state index is -0.213. The van der Waals surface area contributed by atoms with Crippen LogP contribution in [0.25, 0.3) is 0 Å². The highest BCUT2D eigenvalue weighted by molar-refractivity contribution is 6.35. The average molecular weight is 360 g/mol. The van der Waals surface area contributed by atoms with E-state index in [-0.39, 0.29) is 16.9 Å². The molecule has 0 saturated carbocycles. The SMILES string of the molecule is CC(C)(C)CC(C)(C)NC(=O)CCCOc1ccc(Cl)cc1Cl. The fraction of sp³-hybridized carbons (Fsp3) is 0.611. The Bertz CT molecular complexity index is 536. The summed E-state index contributed by atoms with van der Waals surface area (Å²) in [6.07, 6.45) is 1.98. The van der Waals surface area contributed by atoms with Gasteiger partial charge in [-0.2, -0.15) is 0 Å². The largest absolute Gasteiger partial charge is 0.492 e. The molecule has 3 nitrogen and oxygen atoms in total. The highest BCUT2D eigenvalue weighted by atomic mass is 35.5. The third-order valence-electron chi connectivity index (χ3n) is 3.15. The standard InChI is InChI=1S/C18H27Cl2NO2/c1-17(2,3)12-18(4,5)21-16(22)7-6-10-23-15-9-8-13(19)11-14(15)20/h8-9,11H,6-7,10,12H2,1-5H3,(H,21,22). The molecule has 0 heterocycles. The molecule has 1 amide bonds. The maximum Gasteiger partial charge on any atom is 0.220 e. The second kappa shape index (κ2) is 8.25. The van der Waals surface area contributed by atoms with Gasteiger partial charge >= 0.3 is 0 Å². The second-order valence-corrected chi connectivity index (χ2v) is 8.54. The number of benzene rings is 1. The first kappa shape index (κ1) is 20.1. The Morgan fingerprint density at radius 2 is 1.83 bits per heavy atom. The molecule has 0 bridgehead atoms. The van der Waals surface area contributed by atoms with E-state index in [1.54, 1.807) is 18.2 Å². The highest BCUT2D eigenvalue weighted by Gasteiger charge is 2.26. The quantitative estimate of drug-likeness (QED) is 0.654. The Morgan fingerprint density at radius 1 is 1.17 bits per heavy atom. The predicted molar refractivity (Wildman–Crippen MR) is 97.5 cm³/mol. The molecule has 0 radical (unpaired) electrons. The monoisotopic (exact) mass is 359 g/mol. The van der Waals surface area contributed by atoms with Crippen LogP contribution in [0.15, 0.2) is 18.2 Å². The fourth-order valence-electron chi connectivity index (χ4n) is 2.82. The third-order valence-corrected chi connectivity index (χ3v) is 3.68. The first-order valence-electron chi connectivity index (χ1n) is 7.87. The van der Waals surface area contributed by atoms with E-state index >= 15 is 0 Å². The van der Waals surface area contributed by atoms with Crippen LogP contribution in [0.3, 0.4) is 0 Å². The molecule has 1 rings (SSSR count). The molecule has 1 aromatic carbocycles. The van der Waals surface area contributed by atoms with Gasteiger partial charge in [-0.1, -0.05) is 44.0 Å². The van der Waals surface area contributed by atoms with E-state index in [4.69, 9.17) is 27.9 Å². The Labute approximate surface area is 149 Å². The summed E-state index contributed by atoms with van der Waals surface area (Å²) in [4.78, 5) is 12.1. The van der Waals surface area contributed by atoms with Crippen molar-refractivity contribution in [1.29, 1.82) is 0 Å². The summed E-state index contributed by atoms with van der Waals surface area (Å²) in [7, 11) is 0. The number of carbonyl (C=O) groups is 1. The van der Waals surface area contributed by atoms with E-state index in [1.165, 1.54) is 0 Å². The predicted octanol–water partition coefficient (Wildman–Crippen LogP) is 5.48. The Kier molecular flexibility index (Phi) is 7.22. The van der Waals surface area contributed by atoms with Crippen LogP contribution in [-0.4, -0.2) is 18.1 Å². The van der Waals surface area contributed by atoms with Crippen molar-refractivity contribution in [2.24, 2.45) is 5.41 Å². The normalized spacial score (nSPS) is 12.1. The van der Waals surface area contributed by atoms with Gasteiger partial charge in [0.25, 0.3) is 0 Å². The zero-order chi connectivity index (χ0) is 17.7. The molecule has 0 aliphatic rings. The molecule has 0 unspecified atom stereocenters. The van der Waals surface area contributed by atoms with Gasteiger partial charge in [-0.05, 0) is 50.3 Å². The maximum absolute atomic E-state index is 12.1. The van der Waals surface area contributed by atoms with E-state index in [0.717, 1.165) is 6.42 Å². The third kappa shape index (κ3) is 8.47. The summed E-state index contributed by atoms with van der Waals surface area (Å²) >= 11 is 11.9. The number of hydrogen-bond acceptors (Lipinski definition) is 2. The lowest BCUT2D eigenvalue weighted by atomic mass is 9.82. The number of carbonyl (C=O) groups excluding carboxylic acids is 1. The molecule has 0 spiro atoms. The maximum atomic E-state index is 12.1. The lowest BCUT2D eigenvalue weighted by molar-refractivity contribution is -0.123. The van der Waals surface area contributed by atoms with E-state index in [0.29, 0.717) is 35.2 Å². The second-order valence-electron chi connectivity index (χ2n) is 7.70. The molecule has 0 atom stereocenters. The van der Waals surface area contributed by atoms with Crippen molar-refractivity contribution in [2.45, 2.75) is 59.4 Å². The summed E-state index contributed by atoms with van der Waals surface area (Å²) in [5.74, 6) is 0.634. The van der Waals surface area contributed by atoms with E-state index in [1.807, 2.05) is 0 Å². The molecule has 130 valence electrons. The molecule has 0 aliphatic carbocycles. The average Bonchev–Trinajstić information content (AvgIpc) is 2.32. The summed E-state index contributed by atoms with van der Waals surface area (Å²) in [6.45, 7) is 11.1. The highest BCUT2D eigenvalue weighted by Crippen LogP contribution is 2.28. The Balaban J connectivity index is 2.34. The van der Waals surface area contributed by atoms with Crippen molar-refractivity contribution >= 4 is 29.1 Å². The van der Waals surface area contributed by atoms with Crippen LogP contribution in [0, 0.1) is 5.41 Å². The molecular weight excluding hydrogens is 333 g/mol. The molecule has 23 heavy (non-hydrogen) atoms. The fourth-order valence-corrected chi connectivity index (χ4v) is 3.28. The zero-order valence-corrected chi connectivity index (χ0v) is 16.1. The molecule has 0 aliphatic heterocycles. The van der Waals surface area contributed by atoms with Crippen LogP contribution in [-0.2, 0) is 4.79 Å². The Morgan fingerprint density at radius 3 is 2.39 bits per heavy atom. The van der Waals surface area contributed by atoms with Gasteiger partial charge in [0, 0.05) is 17.0 Å². The Hall–Kier alpha value is -0.930. The van der Waals surface area contributed by atoms with Crippen LogP contribution >= 0.6 is 23.2 Å². The summed E-state index contributed by atoms with van der Waals surface area (Å²) < 4.78 is 5.58. The molecular formula is C18H27Cl2NO2. The smallest absolute Gasteiger partial charge is 0.220 e. The molecule has 1 aromatic rings. The minimum Gasteiger partial charge on any atom is -0.492 e. The van der Waals surface area contributed by atoms with Crippen LogP contribution in [0.1, 0.15) is 53.9 Å². The molecule has 0 aromatic heterocycles. The van der Waals surface area contributed by atoms with Crippen LogP contribution in [0.4, 0.5) is 0 Å². The van der Waals surface area contributed by atoms with E-state index in [2.05, 4.69) is 39.9 Å². The molecule has 5 heteroatoms. The van der Waals surface area contributed by atoms with Crippen molar-refractivity contribution < 1.29 is 9.53 Å². The topological polar surface area (TPSA) is 38.3 Å². The van der Waals surface area contributed by atoms with Gasteiger partial charge in [0.2, 0.25) is 5.91 Å². The van der Waals surface area contributed by atoms with Crippen molar-refractivity contribution in [3.05, 3.63) is 28.2 Å². The lowest BCUT2D eigenvalue weighted by Crippen LogP contribution is -2.45. The summed E-state index contributed by atoms with van der Waals surface area (Å²) in [5.41, 5.74) is -0.0408. The lowest BCUT2D eigenvalue weighted by Gasteiger charge is -2.33. The van der Waals surface area contributed by atoms with Gasteiger partial charge in [-0.25, -0.2) is 0 Å². The van der Waals surface area contributed by atoms with Crippen molar-refractivity contribution in [2.75, 3.05) is 6.61 Å². The van der Waals surface area contributed by atoms with Crippen LogP contribution in [0.5, 0.6) is 5.75 Å². The van der Waals surface area contributed by atoms with Crippen molar-refractivity contribution in [3.63, 3.8) is 0 Å². The van der Waals surface area contributed by atoms with Crippen LogP contribution in [0.2, 0.25) is 10.0 Å². The van der Waals surface area contributed by atoms with Crippen molar-refractivity contribution in [1.82, 2.24) is 5.32 Å². The van der Waals surface area contributed by atoms with E-state index in [9.17, 15) is 4.79 Å². The first-order chi connectivity index (χ1) is 10.5. The zero-order valence-electron chi connectivity index (χ0n) is 14.6. The van der Waals surface area contributed by atoms with E-state index < -0.39 is 0 Å². The number of halogens is 2. The summed E-state index contributed by atoms with van der Waals surface area (Å²) in [5, 5.41) is 4.14.